The second-order valence-electron chi connectivity index (χ2n) is 5.88. The Hall–Kier alpha value is -1.58. The van der Waals surface area contributed by atoms with E-state index in [0.717, 1.165) is 37.3 Å². The molecular weight excluding hydrogens is 353 g/mol. The molecule has 2 aromatic rings. The summed E-state index contributed by atoms with van der Waals surface area (Å²) in [7, 11) is 0. The van der Waals surface area contributed by atoms with Crippen molar-refractivity contribution in [2.24, 2.45) is 11.7 Å². The van der Waals surface area contributed by atoms with Crippen molar-refractivity contribution in [1.29, 1.82) is 0 Å². The average molecular weight is 372 g/mol. The number of nitrogens with zero attached hydrogens (tertiary/aromatic N) is 3. The SMILES string of the molecule is NCc1nnc(SC[C@H]2CCCOC2)n1-c1cccc(C(F)(F)F)c1. The second-order valence-corrected chi connectivity index (χ2v) is 6.87. The van der Waals surface area contributed by atoms with E-state index in [0.29, 0.717) is 29.2 Å². The smallest absolute Gasteiger partial charge is 0.381 e. The zero-order valence-corrected chi connectivity index (χ0v) is 14.3. The van der Waals surface area contributed by atoms with E-state index in [1.807, 2.05) is 0 Å². The zero-order valence-electron chi connectivity index (χ0n) is 13.5. The third kappa shape index (κ3) is 4.34. The van der Waals surface area contributed by atoms with Gasteiger partial charge in [-0.2, -0.15) is 13.2 Å². The van der Waals surface area contributed by atoms with Crippen molar-refractivity contribution >= 4 is 11.8 Å². The number of thioether (sulfide) groups is 1. The summed E-state index contributed by atoms with van der Waals surface area (Å²) >= 11 is 1.47. The number of aromatic nitrogens is 3. The topological polar surface area (TPSA) is 66.0 Å². The molecule has 2 heterocycles. The fraction of sp³-hybridized carbons (Fsp3) is 0.500. The number of ether oxygens (including phenoxy) is 1. The molecule has 136 valence electrons. The number of alkyl halides is 3. The lowest BCUT2D eigenvalue weighted by atomic mass is 10.1. The van der Waals surface area contributed by atoms with Crippen LogP contribution in [0, 0.1) is 5.92 Å². The summed E-state index contributed by atoms with van der Waals surface area (Å²) < 4.78 is 46.1. The molecule has 0 saturated carbocycles. The van der Waals surface area contributed by atoms with Gasteiger partial charge in [-0.15, -0.1) is 10.2 Å². The van der Waals surface area contributed by atoms with Crippen LogP contribution in [0.1, 0.15) is 24.2 Å². The fourth-order valence-corrected chi connectivity index (χ4v) is 3.82. The van der Waals surface area contributed by atoms with E-state index in [-0.39, 0.29) is 6.54 Å². The molecule has 1 fully saturated rings. The third-order valence-corrected chi connectivity index (χ3v) is 5.18. The van der Waals surface area contributed by atoms with Crippen molar-refractivity contribution < 1.29 is 17.9 Å². The van der Waals surface area contributed by atoms with Gasteiger partial charge in [-0.1, -0.05) is 17.8 Å². The molecule has 5 nitrogen and oxygen atoms in total. The van der Waals surface area contributed by atoms with Crippen molar-refractivity contribution in [3.8, 4) is 5.69 Å². The average Bonchev–Trinajstić information content (AvgIpc) is 3.03. The summed E-state index contributed by atoms with van der Waals surface area (Å²) in [4.78, 5) is 0. The Morgan fingerprint density at radius 2 is 2.16 bits per heavy atom. The standard InChI is InChI=1S/C16H19F3N4OS/c17-16(18,19)12-4-1-5-13(7-12)23-14(8-20)21-22-15(23)25-10-11-3-2-6-24-9-11/h1,4-5,7,11H,2-3,6,8-10,20H2/t11-/m0/s1. The normalized spacial score (nSPS) is 18.5. The Balaban J connectivity index is 1.86. The van der Waals surface area contributed by atoms with Gasteiger partial charge in [-0.25, -0.2) is 0 Å². The van der Waals surface area contributed by atoms with Crippen LogP contribution in [0.15, 0.2) is 29.4 Å². The molecule has 0 amide bonds. The van der Waals surface area contributed by atoms with Gasteiger partial charge in [0.2, 0.25) is 0 Å². The lowest BCUT2D eigenvalue weighted by Gasteiger charge is -2.21. The summed E-state index contributed by atoms with van der Waals surface area (Å²) in [5, 5.41) is 8.68. The summed E-state index contributed by atoms with van der Waals surface area (Å²) in [5.41, 5.74) is 5.34. The van der Waals surface area contributed by atoms with E-state index in [4.69, 9.17) is 10.5 Å². The summed E-state index contributed by atoms with van der Waals surface area (Å²) in [6.07, 6.45) is -2.30. The Morgan fingerprint density at radius 1 is 1.32 bits per heavy atom. The third-order valence-electron chi connectivity index (χ3n) is 4.02. The second kappa shape index (κ2) is 7.76. The zero-order chi connectivity index (χ0) is 17.9. The van der Waals surface area contributed by atoms with Gasteiger partial charge < -0.3 is 10.5 Å². The van der Waals surface area contributed by atoms with E-state index < -0.39 is 11.7 Å². The minimum Gasteiger partial charge on any atom is -0.381 e. The van der Waals surface area contributed by atoms with Gasteiger partial charge in [0.05, 0.1) is 24.4 Å². The van der Waals surface area contributed by atoms with E-state index in [9.17, 15) is 13.2 Å². The van der Waals surface area contributed by atoms with Gasteiger partial charge in [-0.3, -0.25) is 4.57 Å². The molecule has 9 heteroatoms. The molecule has 1 aromatic carbocycles. The molecule has 0 spiro atoms. The number of rotatable bonds is 5. The molecule has 1 aromatic heterocycles. The van der Waals surface area contributed by atoms with Crippen LogP contribution in [0.3, 0.4) is 0 Å². The first-order chi connectivity index (χ1) is 12.0. The highest BCUT2D eigenvalue weighted by molar-refractivity contribution is 7.99. The summed E-state index contributed by atoms with van der Waals surface area (Å²) in [6, 6.07) is 5.12. The number of nitrogens with two attached hydrogens (primary N) is 1. The van der Waals surface area contributed by atoms with Crippen LogP contribution in [-0.2, 0) is 17.5 Å². The van der Waals surface area contributed by atoms with E-state index in [1.165, 1.54) is 17.8 Å². The van der Waals surface area contributed by atoms with Crippen molar-refractivity contribution in [2.75, 3.05) is 19.0 Å². The van der Waals surface area contributed by atoms with Gasteiger partial charge in [0, 0.05) is 12.4 Å². The van der Waals surface area contributed by atoms with Crippen molar-refractivity contribution in [3.05, 3.63) is 35.7 Å². The van der Waals surface area contributed by atoms with Crippen LogP contribution in [0.4, 0.5) is 13.2 Å². The maximum atomic E-state index is 13.0. The summed E-state index contributed by atoms with van der Waals surface area (Å²) in [6.45, 7) is 1.59. The highest BCUT2D eigenvalue weighted by Gasteiger charge is 2.31. The number of hydrogen-bond acceptors (Lipinski definition) is 5. The molecule has 3 rings (SSSR count). The maximum absolute atomic E-state index is 13.0. The van der Waals surface area contributed by atoms with Gasteiger partial charge in [0.25, 0.3) is 0 Å². The highest BCUT2D eigenvalue weighted by Crippen LogP contribution is 2.32. The lowest BCUT2D eigenvalue weighted by Crippen LogP contribution is -2.19. The van der Waals surface area contributed by atoms with Crippen LogP contribution in [0.2, 0.25) is 0 Å². The van der Waals surface area contributed by atoms with Crippen LogP contribution in [0.25, 0.3) is 5.69 Å². The quantitative estimate of drug-likeness (QED) is 0.816. The Kier molecular flexibility index (Phi) is 5.65. The first-order valence-electron chi connectivity index (χ1n) is 8.01. The van der Waals surface area contributed by atoms with E-state index >= 15 is 0 Å². The van der Waals surface area contributed by atoms with Crippen LogP contribution >= 0.6 is 11.8 Å². The molecule has 0 unspecified atom stereocenters. The molecule has 1 aliphatic heterocycles. The first-order valence-corrected chi connectivity index (χ1v) is 9.00. The highest BCUT2D eigenvalue weighted by atomic mass is 32.2. The largest absolute Gasteiger partial charge is 0.416 e. The number of halogens is 3. The molecule has 0 radical (unpaired) electrons. The van der Waals surface area contributed by atoms with E-state index in [2.05, 4.69) is 10.2 Å². The molecule has 1 atom stereocenters. The molecule has 1 aliphatic rings. The van der Waals surface area contributed by atoms with Gasteiger partial charge in [0.15, 0.2) is 11.0 Å². The minimum atomic E-state index is -4.40. The fourth-order valence-electron chi connectivity index (χ4n) is 2.74. The molecular formula is C16H19F3N4OS. The van der Waals surface area contributed by atoms with Crippen molar-refractivity contribution in [2.45, 2.75) is 30.7 Å². The van der Waals surface area contributed by atoms with E-state index in [1.54, 1.807) is 10.6 Å². The van der Waals surface area contributed by atoms with Gasteiger partial charge in [-0.05, 0) is 37.0 Å². The predicted octanol–water partition coefficient (Wildman–Crippen LogP) is 3.26. The molecule has 1 saturated heterocycles. The Labute approximate surface area is 147 Å². The molecule has 2 N–H and O–H groups in total. The van der Waals surface area contributed by atoms with Crippen LogP contribution in [0.5, 0.6) is 0 Å². The first kappa shape index (κ1) is 18.2. The van der Waals surface area contributed by atoms with Crippen molar-refractivity contribution in [1.82, 2.24) is 14.8 Å². The molecule has 25 heavy (non-hydrogen) atoms. The Bertz CT molecular complexity index is 714. The van der Waals surface area contributed by atoms with Crippen LogP contribution < -0.4 is 5.73 Å². The van der Waals surface area contributed by atoms with Gasteiger partial charge >= 0.3 is 6.18 Å². The number of benzene rings is 1. The molecule has 0 aliphatic carbocycles. The van der Waals surface area contributed by atoms with Gasteiger partial charge in [0.1, 0.15) is 0 Å². The van der Waals surface area contributed by atoms with Crippen LogP contribution in [-0.4, -0.2) is 33.7 Å². The van der Waals surface area contributed by atoms with Crippen molar-refractivity contribution in [3.63, 3.8) is 0 Å². The lowest BCUT2D eigenvalue weighted by molar-refractivity contribution is -0.137. The minimum absolute atomic E-state index is 0.0936. The predicted molar refractivity (Wildman–Crippen MR) is 88.5 cm³/mol. The number of hydrogen-bond donors (Lipinski definition) is 1. The molecule has 0 bridgehead atoms. The summed E-state index contributed by atoms with van der Waals surface area (Å²) in [5.74, 6) is 1.62. The maximum Gasteiger partial charge on any atom is 0.416 e. The Morgan fingerprint density at radius 3 is 2.84 bits per heavy atom. The monoisotopic (exact) mass is 372 g/mol.